The van der Waals surface area contributed by atoms with Crippen LogP contribution >= 0.6 is 0 Å². The van der Waals surface area contributed by atoms with Crippen molar-refractivity contribution in [2.24, 2.45) is 7.05 Å². The first-order valence-corrected chi connectivity index (χ1v) is 11.8. The topological polar surface area (TPSA) is 103 Å². The van der Waals surface area contributed by atoms with Gasteiger partial charge in [0, 0.05) is 73.4 Å². The van der Waals surface area contributed by atoms with Crippen LogP contribution < -0.4 is 4.90 Å². The van der Waals surface area contributed by atoms with E-state index in [4.69, 9.17) is 0 Å². The number of hydrogen-bond acceptors (Lipinski definition) is 8. The molecule has 0 fully saturated rings. The Bertz CT molecular complexity index is 1810. The SMILES string of the molecule is CC(c1c(F)cc2ncc(-c3cnn(C)c3)cc2c1F)n1nnc2ncc(-c3ccc(N(C)C)nc3)nc21. The molecule has 12 heteroatoms. The Morgan fingerprint density at radius 2 is 1.74 bits per heavy atom. The fraction of sp³-hybridized carbons (Fsp3) is 0.192. The molecule has 190 valence electrons. The Hall–Kier alpha value is -4.87. The van der Waals surface area contributed by atoms with Crippen molar-refractivity contribution in [3.8, 4) is 22.4 Å². The van der Waals surface area contributed by atoms with Crippen molar-refractivity contribution < 1.29 is 8.78 Å². The van der Waals surface area contributed by atoms with Crippen LogP contribution in [0.2, 0.25) is 0 Å². The second-order valence-corrected chi connectivity index (χ2v) is 9.19. The van der Waals surface area contributed by atoms with Crippen molar-refractivity contribution in [3.05, 3.63) is 72.4 Å². The normalized spacial score (nSPS) is 12.4. The van der Waals surface area contributed by atoms with Crippen LogP contribution in [0.25, 0.3) is 44.6 Å². The van der Waals surface area contributed by atoms with Gasteiger partial charge in [0.25, 0.3) is 0 Å². The summed E-state index contributed by atoms with van der Waals surface area (Å²) < 4.78 is 34.2. The minimum Gasteiger partial charge on any atom is -0.363 e. The molecule has 6 rings (SSSR count). The Morgan fingerprint density at radius 1 is 0.921 bits per heavy atom. The van der Waals surface area contributed by atoms with Gasteiger partial charge < -0.3 is 4.90 Å². The minimum atomic E-state index is -0.870. The Morgan fingerprint density at radius 3 is 2.45 bits per heavy atom. The van der Waals surface area contributed by atoms with Crippen molar-refractivity contribution in [3.63, 3.8) is 0 Å². The minimum absolute atomic E-state index is 0.168. The lowest BCUT2D eigenvalue weighted by Crippen LogP contribution is -2.14. The number of benzene rings is 1. The van der Waals surface area contributed by atoms with E-state index in [1.165, 1.54) is 10.7 Å². The van der Waals surface area contributed by atoms with Gasteiger partial charge in [0.1, 0.15) is 17.5 Å². The maximum Gasteiger partial charge on any atom is 0.221 e. The molecule has 6 aromatic rings. The molecule has 1 aromatic carbocycles. The molecular weight excluding hydrogens is 490 g/mol. The summed E-state index contributed by atoms with van der Waals surface area (Å²) in [6.07, 6.45) is 8.30. The van der Waals surface area contributed by atoms with E-state index in [-0.39, 0.29) is 22.1 Å². The Kier molecular flexibility index (Phi) is 5.51. The van der Waals surface area contributed by atoms with Gasteiger partial charge in [-0.05, 0) is 25.1 Å². The van der Waals surface area contributed by atoms with Crippen molar-refractivity contribution in [2.75, 3.05) is 19.0 Å². The molecule has 0 radical (unpaired) electrons. The molecule has 5 aromatic heterocycles. The predicted molar refractivity (Wildman–Crippen MR) is 138 cm³/mol. The van der Waals surface area contributed by atoms with Crippen LogP contribution in [0.3, 0.4) is 0 Å². The summed E-state index contributed by atoms with van der Waals surface area (Å²) in [6.45, 7) is 1.64. The molecule has 0 saturated carbocycles. The van der Waals surface area contributed by atoms with Gasteiger partial charge in [-0.1, -0.05) is 5.21 Å². The maximum absolute atomic E-state index is 15.9. The van der Waals surface area contributed by atoms with E-state index in [9.17, 15) is 0 Å². The fourth-order valence-corrected chi connectivity index (χ4v) is 4.38. The van der Waals surface area contributed by atoms with Gasteiger partial charge in [-0.25, -0.2) is 28.4 Å². The lowest BCUT2D eigenvalue weighted by molar-refractivity contribution is 0.484. The predicted octanol–water partition coefficient (Wildman–Crippen LogP) is 4.19. The quantitative estimate of drug-likeness (QED) is 0.339. The zero-order chi connectivity index (χ0) is 26.6. The van der Waals surface area contributed by atoms with Crippen molar-refractivity contribution in [1.82, 2.24) is 44.7 Å². The lowest BCUT2D eigenvalue weighted by atomic mass is 10.0. The fourth-order valence-electron chi connectivity index (χ4n) is 4.38. The van der Waals surface area contributed by atoms with Gasteiger partial charge in [-0.15, -0.1) is 5.10 Å². The molecule has 0 saturated heterocycles. The zero-order valence-electron chi connectivity index (χ0n) is 21.0. The molecule has 1 atom stereocenters. The standard InChI is InChI=1S/C26H22F2N10/c1-14(23-19(27)8-20-18(24(23)28)7-16(10-29-20)17-11-32-37(4)13-17)38-26-25(34-35-38)31-12-21(33-26)15-5-6-22(30-9-15)36(2)3/h5-14H,1-4H3. The summed E-state index contributed by atoms with van der Waals surface area (Å²) in [5.74, 6) is -0.658. The van der Waals surface area contributed by atoms with Crippen LogP contribution in [0, 0.1) is 11.6 Å². The van der Waals surface area contributed by atoms with Crippen molar-refractivity contribution >= 4 is 28.0 Å². The van der Waals surface area contributed by atoms with Crippen LogP contribution in [0.1, 0.15) is 18.5 Å². The molecule has 10 nitrogen and oxygen atoms in total. The number of nitrogens with zero attached hydrogens (tertiary/aromatic N) is 10. The number of halogens is 2. The molecule has 0 amide bonds. The van der Waals surface area contributed by atoms with Crippen LogP contribution in [-0.4, -0.2) is 58.8 Å². The molecule has 5 heterocycles. The molecule has 38 heavy (non-hydrogen) atoms. The van der Waals surface area contributed by atoms with Crippen LogP contribution in [0.4, 0.5) is 14.6 Å². The van der Waals surface area contributed by atoms with E-state index in [0.29, 0.717) is 16.9 Å². The van der Waals surface area contributed by atoms with E-state index in [1.807, 2.05) is 31.1 Å². The zero-order valence-corrected chi connectivity index (χ0v) is 21.0. The average molecular weight is 513 g/mol. The maximum atomic E-state index is 15.9. The van der Waals surface area contributed by atoms with E-state index in [0.717, 1.165) is 16.9 Å². The summed E-state index contributed by atoms with van der Waals surface area (Å²) in [7, 11) is 5.60. The number of aromatic nitrogens is 9. The Balaban J connectivity index is 1.43. The summed E-state index contributed by atoms with van der Waals surface area (Å²) in [5, 5.41) is 12.5. The lowest BCUT2D eigenvalue weighted by Gasteiger charge is -2.16. The van der Waals surface area contributed by atoms with Gasteiger partial charge in [0.05, 0.1) is 29.6 Å². The highest BCUT2D eigenvalue weighted by molar-refractivity contribution is 5.85. The number of fused-ring (bicyclic) bond motifs is 2. The van der Waals surface area contributed by atoms with Gasteiger partial charge in [0.15, 0.2) is 5.65 Å². The van der Waals surface area contributed by atoms with Gasteiger partial charge in [-0.3, -0.25) is 9.67 Å². The molecule has 0 spiro atoms. The molecule has 0 aliphatic heterocycles. The van der Waals surface area contributed by atoms with Gasteiger partial charge >= 0.3 is 0 Å². The second kappa shape index (κ2) is 8.91. The molecule has 0 aliphatic rings. The van der Waals surface area contributed by atoms with E-state index >= 15 is 8.78 Å². The number of pyridine rings is 2. The molecule has 0 bridgehead atoms. The highest BCUT2D eigenvalue weighted by atomic mass is 19.1. The first-order chi connectivity index (χ1) is 18.3. The van der Waals surface area contributed by atoms with Crippen molar-refractivity contribution in [2.45, 2.75) is 13.0 Å². The van der Waals surface area contributed by atoms with Crippen LogP contribution in [0.5, 0.6) is 0 Å². The summed E-state index contributed by atoms with van der Waals surface area (Å²) >= 11 is 0. The van der Waals surface area contributed by atoms with Crippen molar-refractivity contribution in [1.29, 1.82) is 0 Å². The molecule has 0 aliphatic carbocycles. The second-order valence-electron chi connectivity index (χ2n) is 9.19. The molecule has 1 unspecified atom stereocenters. The first-order valence-electron chi connectivity index (χ1n) is 11.8. The largest absolute Gasteiger partial charge is 0.363 e. The molecular formula is C26H22F2N10. The number of rotatable bonds is 5. The highest BCUT2D eigenvalue weighted by Crippen LogP contribution is 2.32. The third-order valence-electron chi connectivity index (χ3n) is 6.43. The number of hydrogen-bond donors (Lipinski definition) is 0. The average Bonchev–Trinajstić information content (AvgIpc) is 3.54. The first kappa shape index (κ1) is 23.5. The monoisotopic (exact) mass is 512 g/mol. The van der Waals surface area contributed by atoms with Gasteiger partial charge in [-0.2, -0.15) is 5.10 Å². The summed E-state index contributed by atoms with van der Waals surface area (Å²) in [5.41, 5.74) is 3.33. The molecule has 0 N–H and O–H groups in total. The summed E-state index contributed by atoms with van der Waals surface area (Å²) in [6, 6.07) is 5.75. The van der Waals surface area contributed by atoms with Crippen LogP contribution in [0.15, 0.2) is 55.2 Å². The van der Waals surface area contributed by atoms with Crippen LogP contribution in [-0.2, 0) is 7.05 Å². The van der Waals surface area contributed by atoms with E-state index in [1.54, 1.807) is 55.7 Å². The number of aryl methyl sites for hydroxylation is 1. The summed E-state index contributed by atoms with van der Waals surface area (Å²) in [4.78, 5) is 19.6. The van der Waals surface area contributed by atoms with Gasteiger partial charge in [0.2, 0.25) is 5.65 Å². The van der Waals surface area contributed by atoms with E-state index < -0.39 is 17.7 Å². The number of anilines is 1. The van der Waals surface area contributed by atoms with E-state index in [2.05, 4.69) is 35.3 Å². The smallest absolute Gasteiger partial charge is 0.221 e. The highest BCUT2D eigenvalue weighted by Gasteiger charge is 2.25. The third kappa shape index (κ3) is 3.90. The third-order valence-corrected chi connectivity index (χ3v) is 6.43. The Labute approximate surface area is 215 Å².